The van der Waals surface area contributed by atoms with Gasteiger partial charge >= 0.3 is 0 Å². The number of rotatable bonds is 1. The van der Waals surface area contributed by atoms with Gasteiger partial charge < -0.3 is 10.3 Å². The lowest BCUT2D eigenvalue weighted by atomic mass is 10.2. The number of carbonyl (C=O) groups excluding carboxylic acids is 1. The number of halogens is 1. The van der Waals surface area contributed by atoms with E-state index in [2.05, 4.69) is 20.6 Å². The van der Waals surface area contributed by atoms with Crippen molar-refractivity contribution in [3.63, 3.8) is 0 Å². The number of amides is 1. The molecule has 1 fully saturated rings. The first-order valence-corrected chi connectivity index (χ1v) is 5.51. The number of hydrogen-bond acceptors (Lipinski definition) is 3. The third-order valence-electron chi connectivity index (χ3n) is 2.55. The monoisotopic (exact) mass is 262 g/mol. The van der Waals surface area contributed by atoms with Crippen LogP contribution in [0.1, 0.15) is 5.56 Å². The lowest BCUT2D eigenvalue weighted by Crippen LogP contribution is -2.21. The maximum absolute atomic E-state index is 13.1. The molecule has 0 unspecified atom stereocenters. The highest BCUT2D eigenvalue weighted by Crippen LogP contribution is 2.20. The van der Waals surface area contributed by atoms with Gasteiger partial charge in [0.2, 0.25) is 0 Å². The summed E-state index contributed by atoms with van der Waals surface area (Å²) in [6.45, 7) is 0. The quantitative estimate of drug-likeness (QED) is 0.530. The van der Waals surface area contributed by atoms with Crippen LogP contribution in [0.3, 0.4) is 0 Å². The minimum atomic E-state index is -0.430. The molecule has 2 aromatic rings. The van der Waals surface area contributed by atoms with Crippen molar-refractivity contribution in [1.29, 1.82) is 0 Å². The zero-order valence-electron chi connectivity index (χ0n) is 8.95. The molecule has 0 radical (unpaired) electrons. The zero-order chi connectivity index (χ0) is 12.7. The van der Waals surface area contributed by atoms with E-state index >= 15 is 0 Å². The summed E-state index contributed by atoms with van der Waals surface area (Å²) in [5.41, 5.74) is 1.55. The fourth-order valence-electron chi connectivity index (χ4n) is 1.76. The molecule has 90 valence electrons. The molecule has 3 N–H and O–H groups in total. The van der Waals surface area contributed by atoms with Crippen LogP contribution in [-0.4, -0.2) is 21.0 Å². The first-order chi connectivity index (χ1) is 8.63. The van der Waals surface area contributed by atoms with Crippen molar-refractivity contribution in [2.75, 3.05) is 0 Å². The molecule has 0 spiro atoms. The van der Waals surface area contributed by atoms with Gasteiger partial charge in [-0.05, 0) is 24.4 Å². The molecular weight excluding hydrogens is 255 g/mol. The molecular formula is C11H7FN4OS. The second kappa shape index (κ2) is 3.88. The van der Waals surface area contributed by atoms with Crippen LogP contribution < -0.4 is 10.6 Å². The molecule has 1 amide bonds. The SMILES string of the molecule is O=C1NC(=S)N/C1=C\c1c[nH]c2ncc(F)cc12. The first-order valence-electron chi connectivity index (χ1n) is 5.10. The number of thiocarbonyl (C=S) groups is 1. The minimum Gasteiger partial charge on any atom is -0.346 e. The molecule has 18 heavy (non-hydrogen) atoms. The minimum absolute atomic E-state index is 0.260. The predicted molar refractivity (Wildman–Crippen MR) is 67.9 cm³/mol. The van der Waals surface area contributed by atoms with Crippen molar-refractivity contribution in [1.82, 2.24) is 20.6 Å². The molecule has 0 aromatic carbocycles. The summed E-state index contributed by atoms with van der Waals surface area (Å²) in [5, 5.41) is 6.04. The van der Waals surface area contributed by atoms with Crippen LogP contribution in [-0.2, 0) is 4.79 Å². The zero-order valence-corrected chi connectivity index (χ0v) is 9.77. The summed E-state index contributed by atoms with van der Waals surface area (Å²) >= 11 is 4.82. The van der Waals surface area contributed by atoms with E-state index < -0.39 is 5.82 Å². The van der Waals surface area contributed by atoms with Gasteiger partial charge in [0.1, 0.15) is 17.2 Å². The van der Waals surface area contributed by atoms with E-state index in [4.69, 9.17) is 12.2 Å². The molecule has 5 nitrogen and oxygen atoms in total. The van der Waals surface area contributed by atoms with Crippen molar-refractivity contribution in [3.8, 4) is 0 Å². The molecule has 1 saturated heterocycles. The number of carbonyl (C=O) groups is 1. The van der Waals surface area contributed by atoms with Crippen LogP contribution in [0.5, 0.6) is 0 Å². The van der Waals surface area contributed by atoms with Crippen molar-refractivity contribution in [3.05, 3.63) is 35.5 Å². The fraction of sp³-hybridized carbons (Fsp3) is 0. The van der Waals surface area contributed by atoms with E-state index in [0.717, 1.165) is 6.20 Å². The number of hydrogen-bond donors (Lipinski definition) is 3. The van der Waals surface area contributed by atoms with Crippen LogP contribution in [0, 0.1) is 5.82 Å². The van der Waals surface area contributed by atoms with E-state index in [9.17, 15) is 9.18 Å². The number of pyridine rings is 1. The average Bonchev–Trinajstić information content (AvgIpc) is 2.84. The van der Waals surface area contributed by atoms with Gasteiger partial charge in [-0.3, -0.25) is 10.1 Å². The molecule has 0 aliphatic carbocycles. The highest BCUT2D eigenvalue weighted by molar-refractivity contribution is 7.80. The van der Waals surface area contributed by atoms with Crippen molar-refractivity contribution in [2.45, 2.75) is 0 Å². The molecule has 7 heteroatoms. The largest absolute Gasteiger partial charge is 0.346 e. The Labute approximate surface area is 106 Å². The first kappa shape index (κ1) is 10.8. The third kappa shape index (κ3) is 1.74. The smallest absolute Gasteiger partial charge is 0.273 e. The summed E-state index contributed by atoms with van der Waals surface area (Å²) in [6.07, 6.45) is 4.38. The van der Waals surface area contributed by atoms with Crippen LogP contribution >= 0.6 is 12.2 Å². The lowest BCUT2D eigenvalue weighted by molar-refractivity contribution is -0.115. The topological polar surface area (TPSA) is 69.8 Å². The summed E-state index contributed by atoms with van der Waals surface area (Å²) in [5.74, 6) is -0.736. The molecule has 0 saturated carbocycles. The number of nitrogens with zero attached hydrogens (tertiary/aromatic N) is 1. The Hall–Kier alpha value is -2.28. The fourth-order valence-corrected chi connectivity index (χ4v) is 1.96. The molecule has 2 aromatic heterocycles. The molecule has 3 heterocycles. The van der Waals surface area contributed by atoms with Gasteiger partial charge in [-0.25, -0.2) is 9.37 Å². The Kier molecular flexibility index (Phi) is 2.34. The van der Waals surface area contributed by atoms with Gasteiger partial charge in [0.15, 0.2) is 5.11 Å². The van der Waals surface area contributed by atoms with Gasteiger partial charge in [0.05, 0.1) is 6.20 Å². The molecule has 0 atom stereocenters. The Morgan fingerprint density at radius 3 is 2.94 bits per heavy atom. The van der Waals surface area contributed by atoms with E-state index in [1.54, 1.807) is 12.3 Å². The van der Waals surface area contributed by atoms with Crippen LogP contribution in [0.15, 0.2) is 24.2 Å². The maximum Gasteiger partial charge on any atom is 0.273 e. The predicted octanol–water partition coefficient (Wildman–Crippen LogP) is 1.05. The summed E-state index contributed by atoms with van der Waals surface area (Å²) in [4.78, 5) is 18.3. The molecule has 1 aliphatic heterocycles. The number of H-pyrrole nitrogens is 1. The standard InChI is InChI=1S/C11H7FN4OS/c12-6-2-7-5(3-13-9(7)14-4-6)1-8-10(17)16-11(18)15-8/h1-4H,(H,13,14)(H2,15,16,17,18)/b8-1-. The molecule has 1 aliphatic rings. The third-order valence-corrected chi connectivity index (χ3v) is 2.75. The van der Waals surface area contributed by atoms with E-state index in [1.807, 2.05) is 0 Å². The highest BCUT2D eigenvalue weighted by atomic mass is 32.1. The van der Waals surface area contributed by atoms with Gasteiger partial charge in [0, 0.05) is 17.1 Å². The second-order valence-corrected chi connectivity index (χ2v) is 4.17. The Morgan fingerprint density at radius 1 is 1.39 bits per heavy atom. The number of fused-ring (bicyclic) bond motifs is 1. The Morgan fingerprint density at radius 2 is 2.22 bits per heavy atom. The van der Waals surface area contributed by atoms with Crippen LogP contribution in [0.25, 0.3) is 17.1 Å². The average molecular weight is 262 g/mol. The van der Waals surface area contributed by atoms with E-state index in [-0.39, 0.29) is 11.0 Å². The van der Waals surface area contributed by atoms with Crippen LogP contribution in [0.2, 0.25) is 0 Å². The van der Waals surface area contributed by atoms with Crippen molar-refractivity contribution >= 4 is 40.3 Å². The van der Waals surface area contributed by atoms with Crippen LogP contribution in [0.4, 0.5) is 4.39 Å². The highest BCUT2D eigenvalue weighted by Gasteiger charge is 2.20. The summed E-state index contributed by atoms with van der Waals surface area (Å²) in [6, 6.07) is 1.36. The number of aromatic nitrogens is 2. The molecule has 3 rings (SSSR count). The van der Waals surface area contributed by atoms with Crippen molar-refractivity contribution in [2.24, 2.45) is 0 Å². The summed E-state index contributed by atoms with van der Waals surface area (Å²) < 4.78 is 13.1. The number of aromatic amines is 1. The van der Waals surface area contributed by atoms with Crippen molar-refractivity contribution < 1.29 is 9.18 Å². The Bertz CT molecular complexity index is 706. The van der Waals surface area contributed by atoms with Gasteiger partial charge in [-0.15, -0.1) is 0 Å². The molecule has 0 bridgehead atoms. The van der Waals surface area contributed by atoms with Gasteiger partial charge in [0.25, 0.3) is 5.91 Å². The van der Waals surface area contributed by atoms with E-state index in [1.165, 1.54) is 6.07 Å². The maximum atomic E-state index is 13.1. The van der Waals surface area contributed by atoms with Gasteiger partial charge in [-0.1, -0.05) is 0 Å². The van der Waals surface area contributed by atoms with E-state index in [0.29, 0.717) is 22.3 Å². The summed E-state index contributed by atoms with van der Waals surface area (Å²) in [7, 11) is 0. The number of nitrogens with one attached hydrogen (secondary N) is 3. The second-order valence-electron chi connectivity index (χ2n) is 3.76. The Balaban J connectivity index is 2.10. The normalized spacial score (nSPS) is 17.3. The van der Waals surface area contributed by atoms with Gasteiger partial charge in [-0.2, -0.15) is 0 Å². The lowest BCUT2D eigenvalue weighted by Gasteiger charge is -1.95.